The fourth-order valence-corrected chi connectivity index (χ4v) is 4.11. The lowest BCUT2D eigenvalue weighted by atomic mass is 10.1. The van der Waals surface area contributed by atoms with Gasteiger partial charge in [0, 0.05) is 12.7 Å². The number of aryl methyl sites for hydroxylation is 2. The zero-order valence-corrected chi connectivity index (χ0v) is 17.9. The number of rotatable bonds is 7. The van der Waals surface area contributed by atoms with Gasteiger partial charge in [-0.3, -0.25) is 9.10 Å². The number of hydrogen-bond acceptors (Lipinski definition) is 4. The second-order valence-electron chi connectivity index (χ2n) is 6.94. The normalized spacial score (nSPS) is 11.0. The van der Waals surface area contributed by atoms with E-state index in [0.717, 1.165) is 11.1 Å². The number of carbonyl (C=O) groups is 1. The fourth-order valence-electron chi connectivity index (χ4n) is 2.87. The third kappa shape index (κ3) is 4.99. The van der Waals surface area contributed by atoms with Gasteiger partial charge < -0.3 is 10.1 Å². The summed E-state index contributed by atoms with van der Waals surface area (Å²) in [6.07, 6.45) is 0. The largest absolute Gasteiger partial charge is 0.483 e. The van der Waals surface area contributed by atoms with Crippen LogP contribution in [0.1, 0.15) is 11.1 Å². The Hall–Kier alpha value is -3.32. The number of amides is 1. The van der Waals surface area contributed by atoms with Crippen molar-refractivity contribution in [3.8, 4) is 5.75 Å². The topological polar surface area (TPSA) is 75.7 Å². The van der Waals surface area contributed by atoms with Crippen LogP contribution in [0.3, 0.4) is 0 Å². The molecule has 0 heterocycles. The van der Waals surface area contributed by atoms with Crippen molar-refractivity contribution in [2.24, 2.45) is 0 Å². The van der Waals surface area contributed by atoms with E-state index in [9.17, 15) is 13.2 Å². The number of nitrogens with zero attached hydrogens (tertiary/aromatic N) is 1. The van der Waals surface area contributed by atoms with Crippen molar-refractivity contribution in [1.82, 2.24) is 0 Å². The molecular weight excluding hydrogens is 400 g/mol. The quantitative estimate of drug-likeness (QED) is 0.618. The summed E-state index contributed by atoms with van der Waals surface area (Å²) in [5.74, 6) is 0.271. The monoisotopic (exact) mass is 424 g/mol. The first kappa shape index (κ1) is 21.4. The van der Waals surface area contributed by atoms with E-state index in [4.69, 9.17) is 4.74 Å². The van der Waals surface area contributed by atoms with Gasteiger partial charge in [-0.25, -0.2) is 8.42 Å². The summed E-state index contributed by atoms with van der Waals surface area (Å²) < 4.78 is 32.7. The van der Waals surface area contributed by atoms with Gasteiger partial charge in [-0.1, -0.05) is 36.4 Å². The molecule has 6 nitrogen and oxygen atoms in total. The van der Waals surface area contributed by atoms with Gasteiger partial charge in [0.05, 0.1) is 10.6 Å². The van der Waals surface area contributed by atoms with Crippen LogP contribution in [0.15, 0.2) is 77.7 Å². The molecule has 0 radical (unpaired) electrons. The molecule has 3 aromatic carbocycles. The van der Waals surface area contributed by atoms with Crippen molar-refractivity contribution >= 4 is 27.3 Å². The van der Waals surface area contributed by atoms with E-state index >= 15 is 0 Å². The number of hydrogen-bond donors (Lipinski definition) is 1. The molecule has 0 saturated carbocycles. The Balaban J connectivity index is 1.70. The second-order valence-corrected chi connectivity index (χ2v) is 8.91. The molecule has 1 amide bonds. The van der Waals surface area contributed by atoms with Gasteiger partial charge >= 0.3 is 0 Å². The smallest absolute Gasteiger partial charge is 0.264 e. The lowest BCUT2D eigenvalue weighted by Crippen LogP contribution is -2.26. The summed E-state index contributed by atoms with van der Waals surface area (Å²) in [6.45, 7) is 3.68. The maximum atomic E-state index is 12.9. The highest BCUT2D eigenvalue weighted by atomic mass is 32.2. The molecule has 3 rings (SSSR count). The van der Waals surface area contributed by atoms with Gasteiger partial charge in [-0.15, -0.1) is 0 Å². The Labute approximate surface area is 177 Å². The third-order valence-corrected chi connectivity index (χ3v) is 6.38. The van der Waals surface area contributed by atoms with Crippen molar-refractivity contribution in [1.29, 1.82) is 0 Å². The Kier molecular flexibility index (Phi) is 6.42. The average Bonchev–Trinajstić information content (AvgIpc) is 2.74. The molecule has 0 aliphatic carbocycles. The van der Waals surface area contributed by atoms with Gasteiger partial charge in [-0.2, -0.15) is 0 Å². The average molecular weight is 425 g/mol. The van der Waals surface area contributed by atoms with Crippen molar-refractivity contribution in [3.63, 3.8) is 0 Å². The number of benzene rings is 3. The highest BCUT2D eigenvalue weighted by Crippen LogP contribution is 2.24. The molecular formula is C23H24N2O4S. The first-order chi connectivity index (χ1) is 14.3. The highest BCUT2D eigenvalue weighted by molar-refractivity contribution is 7.92. The number of para-hydroxylation sites is 1. The maximum Gasteiger partial charge on any atom is 0.264 e. The lowest BCUT2D eigenvalue weighted by Gasteiger charge is -2.20. The molecule has 0 saturated heterocycles. The molecule has 1 N–H and O–H groups in total. The van der Waals surface area contributed by atoms with Crippen LogP contribution < -0.4 is 14.4 Å². The van der Waals surface area contributed by atoms with Crippen LogP contribution in [0.2, 0.25) is 0 Å². The van der Waals surface area contributed by atoms with Crippen molar-refractivity contribution < 1.29 is 17.9 Å². The van der Waals surface area contributed by atoms with Crippen molar-refractivity contribution in [3.05, 3.63) is 83.9 Å². The van der Waals surface area contributed by atoms with Crippen LogP contribution >= 0.6 is 0 Å². The first-order valence-electron chi connectivity index (χ1n) is 9.41. The minimum absolute atomic E-state index is 0.0853. The second kappa shape index (κ2) is 9.00. The highest BCUT2D eigenvalue weighted by Gasteiger charge is 2.21. The van der Waals surface area contributed by atoms with Crippen LogP contribution in [0.4, 0.5) is 11.4 Å². The van der Waals surface area contributed by atoms with Crippen LogP contribution in [-0.2, 0) is 14.8 Å². The van der Waals surface area contributed by atoms with Gasteiger partial charge in [0.25, 0.3) is 15.9 Å². The summed E-state index contributed by atoms with van der Waals surface area (Å²) in [5.41, 5.74) is 2.91. The van der Waals surface area contributed by atoms with Gasteiger partial charge in [0.1, 0.15) is 5.75 Å². The lowest BCUT2D eigenvalue weighted by molar-refractivity contribution is -0.118. The molecule has 0 aromatic heterocycles. The molecule has 3 aromatic rings. The minimum Gasteiger partial charge on any atom is -0.483 e. The van der Waals surface area contributed by atoms with E-state index in [-0.39, 0.29) is 17.4 Å². The fraction of sp³-hybridized carbons (Fsp3) is 0.174. The Bertz CT molecular complexity index is 1140. The van der Waals surface area contributed by atoms with E-state index in [0.29, 0.717) is 17.1 Å². The number of ether oxygens (including phenoxy) is 1. The molecule has 0 spiro atoms. The van der Waals surface area contributed by atoms with E-state index < -0.39 is 10.0 Å². The summed E-state index contributed by atoms with van der Waals surface area (Å²) in [7, 11) is -2.27. The standard InChI is InChI=1S/C23H24N2O4S/c1-17-12-13-18(2)22(14-17)29-16-23(26)24-19-8-7-11-21(15-19)30(27,28)25(3)20-9-5-4-6-10-20/h4-15H,16H2,1-3H3,(H,24,26). The zero-order valence-electron chi connectivity index (χ0n) is 17.1. The zero-order chi connectivity index (χ0) is 21.7. The number of carbonyl (C=O) groups excluding carboxylic acids is 1. The maximum absolute atomic E-state index is 12.9. The van der Waals surface area contributed by atoms with Crippen LogP contribution in [0.25, 0.3) is 0 Å². The van der Waals surface area contributed by atoms with Crippen LogP contribution in [0.5, 0.6) is 5.75 Å². The van der Waals surface area contributed by atoms with Crippen molar-refractivity contribution in [2.75, 3.05) is 23.3 Å². The van der Waals surface area contributed by atoms with E-state index in [2.05, 4.69) is 5.32 Å². The molecule has 0 aliphatic rings. The third-order valence-electron chi connectivity index (χ3n) is 4.60. The van der Waals surface area contributed by atoms with E-state index in [1.165, 1.54) is 23.5 Å². The van der Waals surface area contributed by atoms with Crippen LogP contribution in [0, 0.1) is 13.8 Å². The minimum atomic E-state index is -3.77. The predicted octanol–water partition coefficient (Wildman–Crippen LogP) is 4.15. The molecule has 30 heavy (non-hydrogen) atoms. The molecule has 0 bridgehead atoms. The Morgan fingerprint density at radius 1 is 0.967 bits per heavy atom. The molecule has 0 aliphatic heterocycles. The number of nitrogens with one attached hydrogen (secondary N) is 1. The SMILES string of the molecule is Cc1ccc(C)c(OCC(=O)Nc2cccc(S(=O)(=O)N(C)c3ccccc3)c2)c1. The van der Waals surface area contributed by atoms with E-state index in [1.807, 2.05) is 38.1 Å². The Morgan fingerprint density at radius 3 is 2.43 bits per heavy atom. The number of sulfonamides is 1. The van der Waals surface area contributed by atoms with Gasteiger partial charge in [0.2, 0.25) is 0 Å². The first-order valence-corrected chi connectivity index (χ1v) is 10.9. The summed E-state index contributed by atoms with van der Waals surface area (Å²) in [4.78, 5) is 12.4. The molecule has 156 valence electrons. The number of anilines is 2. The van der Waals surface area contributed by atoms with E-state index in [1.54, 1.807) is 36.4 Å². The molecule has 0 atom stereocenters. The Morgan fingerprint density at radius 2 is 1.70 bits per heavy atom. The van der Waals surface area contributed by atoms with Gasteiger partial charge in [-0.05, 0) is 61.4 Å². The summed E-state index contributed by atoms with van der Waals surface area (Å²) in [5, 5.41) is 2.69. The molecule has 0 fully saturated rings. The molecule has 7 heteroatoms. The van der Waals surface area contributed by atoms with Gasteiger partial charge in [0.15, 0.2) is 6.61 Å². The molecule has 0 unspecified atom stereocenters. The summed E-state index contributed by atoms with van der Waals surface area (Å²) in [6, 6.07) is 20.7. The predicted molar refractivity (Wildman–Crippen MR) is 119 cm³/mol. The summed E-state index contributed by atoms with van der Waals surface area (Å²) >= 11 is 0. The van der Waals surface area contributed by atoms with Crippen molar-refractivity contribution in [2.45, 2.75) is 18.7 Å². The van der Waals surface area contributed by atoms with Crippen LogP contribution in [-0.4, -0.2) is 28.0 Å².